The maximum atomic E-state index is 13.1. The predicted molar refractivity (Wildman–Crippen MR) is 86.9 cm³/mol. The average Bonchev–Trinajstić information content (AvgIpc) is 2.55. The molecule has 2 rings (SSSR count). The number of carbonyl (C=O) groups is 2. The van der Waals surface area contributed by atoms with Gasteiger partial charge in [-0.1, -0.05) is 23.7 Å². The van der Waals surface area contributed by atoms with Gasteiger partial charge < -0.3 is 10.6 Å². The Hall–Kier alpha value is -2.47. The molecule has 7 heteroatoms. The van der Waals surface area contributed by atoms with Crippen molar-refractivity contribution in [3.63, 3.8) is 0 Å². The summed E-state index contributed by atoms with van der Waals surface area (Å²) in [5, 5.41) is 5.61. The maximum absolute atomic E-state index is 13.1. The third-order valence-corrected chi connectivity index (χ3v) is 3.45. The van der Waals surface area contributed by atoms with Crippen molar-refractivity contribution in [2.75, 3.05) is 13.1 Å². The van der Waals surface area contributed by atoms with Gasteiger partial charge in [-0.05, 0) is 42.3 Å². The van der Waals surface area contributed by atoms with E-state index in [4.69, 9.17) is 11.6 Å². The fraction of sp³-hybridized carbons (Fsp3) is 0.176. The fourth-order valence-corrected chi connectivity index (χ4v) is 2.21. The van der Waals surface area contributed by atoms with Gasteiger partial charge in [0.2, 0.25) is 5.91 Å². The molecule has 2 N–H and O–H groups in total. The minimum absolute atomic E-state index is 0.0550. The van der Waals surface area contributed by atoms with Crippen molar-refractivity contribution in [2.45, 2.75) is 6.42 Å². The fourth-order valence-electron chi connectivity index (χ4n) is 2.00. The lowest BCUT2D eigenvalue weighted by atomic mass is 10.1. The highest BCUT2D eigenvalue weighted by atomic mass is 35.5. The molecule has 0 bridgehead atoms. The van der Waals surface area contributed by atoms with Crippen LogP contribution in [-0.4, -0.2) is 24.9 Å². The second-order valence-electron chi connectivity index (χ2n) is 5.04. The molecule has 0 aromatic heterocycles. The number of benzene rings is 2. The van der Waals surface area contributed by atoms with Crippen LogP contribution in [-0.2, 0) is 11.2 Å². The molecule has 0 spiro atoms. The van der Waals surface area contributed by atoms with Crippen molar-refractivity contribution in [3.05, 3.63) is 70.2 Å². The molecular formula is C17H15ClF2N2O2. The summed E-state index contributed by atoms with van der Waals surface area (Å²) in [6, 6.07) is 10.1. The van der Waals surface area contributed by atoms with Crippen molar-refractivity contribution in [1.29, 1.82) is 0 Å². The van der Waals surface area contributed by atoms with E-state index in [1.165, 1.54) is 0 Å². The number of rotatable bonds is 6. The summed E-state index contributed by atoms with van der Waals surface area (Å²) in [6.45, 7) is 0.133. The Bertz CT molecular complexity index is 753. The molecule has 24 heavy (non-hydrogen) atoms. The van der Waals surface area contributed by atoms with Crippen molar-refractivity contribution in [3.8, 4) is 0 Å². The Labute approximate surface area is 142 Å². The standard InChI is InChI=1S/C17H15ClF2N2O2/c18-13-3-1-2-11(8-13)6-7-21-16(23)10-22-17(24)12-4-5-14(19)15(20)9-12/h1-5,8-9H,6-7,10H2,(H,21,23)(H,22,24). The Morgan fingerprint density at radius 3 is 2.50 bits per heavy atom. The van der Waals surface area contributed by atoms with E-state index in [1.54, 1.807) is 12.1 Å². The van der Waals surface area contributed by atoms with Gasteiger partial charge in [-0.2, -0.15) is 0 Å². The van der Waals surface area contributed by atoms with Gasteiger partial charge in [0.25, 0.3) is 5.91 Å². The molecule has 0 saturated carbocycles. The van der Waals surface area contributed by atoms with Crippen molar-refractivity contribution < 1.29 is 18.4 Å². The summed E-state index contributed by atoms with van der Waals surface area (Å²) in [6.07, 6.45) is 0.601. The van der Waals surface area contributed by atoms with E-state index in [-0.39, 0.29) is 18.0 Å². The van der Waals surface area contributed by atoms with Crippen molar-refractivity contribution in [2.24, 2.45) is 0 Å². The van der Waals surface area contributed by atoms with Crippen LogP contribution in [0.15, 0.2) is 42.5 Å². The van der Waals surface area contributed by atoms with Gasteiger partial charge in [-0.3, -0.25) is 9.59 Å². The summed E-state index contributed by atoms with van der Waals surface area (Å²) < 4.78 is 25.9. The molecule has 0 aliphatic heterocycles. The van der Waals surface area contributed by atoms with Crippen LogP contribution in [0, 0.1) is 11.6 Å². The lowest BCUT2D eigenvalue weighted by molar-refractivity contribution is -0.120. The smallest absolute Gasteiger partial charge is 0.251 e. The molecule has 4 nitrogen and oxygen atoms in total. The van der Waals surface area contributed by atoms with E-state index in [1.807, 2.05) is 12.1 Å². The number of halogens is 3. The van der Waals surface area contributed by atoms with Gasteiger partial charge in [0.15, 0.2) is 11.6 Å². The van der Waals surface area contributed by atoms with Crippen LogP contribution in [0.25, 0.3) is 0 Å². The minimum atomic E-state index is -1.12. The first-order valence-electron chi connectivity index (χ1n) is 7.20. The van der Waals surface area contributed by atoms with E-state index >= 15 is 0 Å². The highest BCUT2D eigenvalue weighted by Crippen LogP contribution is 2.10. The van der Waals surface area contributed by atoms with Crippen LogP contribution >= 0.6 is 11.6 Å². The predicted octanol–water partition coefficient (Wildman–Crippen LogP) is 2.71. The van der Waals surface area contributed by atoms with Crippen molar-refractivity contribution in [1.82, 2.24) is 10.6 Å². The summed E-state index contributed by atoms with van der Waals surface area (Å²) in [5.41, 5.74) is 0.925. The zero-order valence-electron chi connectivity index (χ0n) is 12.6. The van der Waals surface area contributed by atoms with Gasteiger partial charge in [-0.25, -0.2) is 8.78 Å². The van der Waals surface area contributed by atoms with E-state index in [9.17, 15) is 18.4 Å². The highest BCUT2D eigenvalue weighted by molar-refractivity contribution is 6.30. The molecule has 0 unspecified atom stereocenters. The van der Waals surface area contributed by atoms with Gasteiger partial charge in [-0.15, -0.1) is 0 Å². The van der Waals surface area contributed by atoms with Crippen LogP contribution in [0.2, 0.25) is 5.02 Å². The van der Waals surface area contributed by atoms with Gasteiger partial charge in [0.1, 0.15) is 0 Å². The topological polar surface area (TPSA) is 58.2 Å². The first-order valence-corrected chi connectivity index (χ1v) is 7.58. The Morgan fingerprint density at radius 2 is 1.79 bits per heavy atom. The second-order valence-corrected chi connectivity index (χ2v) is 5.48. The number of hydrogen-bond donors (Lipinski definition) is 2. The SMILES string of the molecule is O=C(CNC(=O)c1ccc(F)c(F)c1)NCCc1cccc(Cl)c1. The molecule has 2 aromatic rings. The second kappa shape index (κ2) is 8.40. The molecule has 2 amide bonds. The summed E-state index contributed by atoms with van der Waals surface area (Å²) in [5.74, 6) is -3.19. The number of hydrogen-bond acceptors (Lipinski definition) is 2. The van der Waals surface area contributed by atoms with Crippen LogP contribution < -0.4 is 10.6 Å². The quantitative estimate of drug-likeness (QED) is 0.839. The summed E-state index contributed by atoms with van der Waals surface area (Å²) >= 11 is 5.86. The molecule has 2 aromatic carbocycles. The number of nitrogens with one attached hydrogen (secondary N) is 2. The van der Waals surface area contributed by atoms with Crippen LogP contribution in [0.4, 0.5) is 8.78 Å². The van der Waals surface area contributed by atoms with E-state index in [2.05, 4.69) is 10.6 Å². The first kappa shape index (κ1) is 17.9. The third-order valence-electron chi connectivity index (χ3n) is 3.22. The molecule has 0 saturated heterocycles. The Balaban J connectivity index is 1.74. The molecule has 126 valence electrons. The van der Waals surface area contributed by atoms with Crippen molar-refractivity contribution >= 4 is 23.4 Å². The Kier molecular flexibility index (Phi) is 6.26. The molecule has 0 fully saturated rings. The van der Waals surface area contributed by atoms with Gasteiger partial charge in [0, 0.05) is 17.1 Å². The first-order chi connectivity index (χ1) is 11.5. The molecular weight excluding hydrogens is 338 g/mol. The zero-order chi connectivity index (χ0) is 17.5. The van der Waals surface area contributed by atoms with Crippen LogP contribution in [0.1, 0.15) is 15.9 Å². The van der Waals surface area contributed by atoms with E-state index in [0.29, 0.717) is 18.0 Å². The molecule has 0 atom stereocenters. The lowest BCUT2D eigenvalue weighted by Crippen LogP contribution is -2.37. The van der Waals surface area contributed by atoms with Crippen LogP contribution in [0.3, 0.4) is 0 Å². The maximum Gasteiger partial charge on any atom is 0.251 e. The molecule has 0 radical (unpaired) electrons. The summed E-state index contributed by atoms with van der Waals surface area (Å²) in [4.78, 5) is 23.4. The minimum Gasteiger partial charge on any atom is -0.354 e. The highest BCUT2D eigenvalue weighted by Gasteiger charge is 2.10. The monoisotopic (exact) mass is 352 g/mol. The summed E-state index contributed by atoms with van der Waals surface area (Å²) in [7, 11) is 0. The number of amides is 2. The Morgan fingerprint density at radius 1 is 1.00 bits per heavy atom. The molecule has 0 aliphatic carbocycles. The molecule has 0 heterocycles. The normalized spacial score (nSPS) is 10.3. The van der Waals surface area contributed by atoms with E-state index < -0.39 is 17.5 Å². The molecule has 0 aliphatic rings. The lowest BCUT2D eigenvalue weighted by Gasteiger charge is -2.07. The van der Waals surface area contributed by atoms with Gasteiger partial charge in [0.05, 0.1) is 6.54 Å². The van der Waals surface area contributed by atoms with E-state index in [0.717, 1.165) is 23.8 Å². The largest absolute Gasteiger partial charge is 0.354 e. The van der Waals surface area contributed by atoms with Gasteiger partial charge >= 0.3 is 0 Å². The number of carbonyl (C=O) groups excluding carboxylic acids is 2. The van der Waals surface area contributed by atoms with Crippen LogP contribution in [0.5, 0.6) is 0 Å². The third kappa shape index (κ3) is 5.31. The average molecular weight is 353 g/mol. The zero-order valence-corrected chi connectivity index (χ0v) is 13.4.